The molecule has 7 nitrogen and oxygen atoms in total. The molecule has 1 fully saturated rings. The third-order valence-corrected chi connectivity index (χ3v) is 6.02. The van der Waals surface area contributed by atoms with Gasteiger partial charge < -0.3 is 9.88 Å². The number of hydrogen-bond acceptors (Lipinski definition) is 5. The van der Waals surface area contributed by atoms with Crippen LogP contribution in [-0.2, 0) is 11.3 Å². The summed E-state index contributed by atoms with van der Waals surface area (Å²) in [4.78, 5) is 24.4. The number of benzene rings is 1. The molecule has 0 aliphatic heterocycles. The fourth-order valence-electron chi connectivity index (χ4n) is 3.44. The molecule has 1 atom stereocenters. The third-order valence-electron chi connectivity index (χ3n) is 4.96. The van der Waals surface area contributed by atoms with E-state index in [1.54, 1.807) is 6.92 Å². The Bertz CT molecular complexity index is 802. The molecule has 0 radical (unpaired) electrons. The predicted octanol–water partition coefficient (Wildman–Crippen LogP) is 3.60. The van der Waals surface area contributed by atoms with Gasteiger partial charge in [0, 0.05) is 12.6 Å². The number of aromatic nitrogens is 3. The summed E-state index contributed by atoms with van der Waals surface area (Å²) in [6.45, 7) is 4.10. The van der Waals surface area contributed by atoms with E-state index in [4.69, 9.17) is 0 Å². The van der Waals surface area contributed by atoms with Crippen LogP contribution in [0.2, 0.25) is 0 Å². The molecule has 8 heteroatoms. The highest BCUT2D eigenvalue weighted by Crippen LogP contribution is 2.33. The molecule has 150 valence electrons. The van der Waals surface area contributed by atoms with Gasteiger partial charge in [0.2, 0.25) is 5.91 Å². The number of aryl methyl sites for hydroxylation is 1. The molecule has 1 aliphatic rings. The summed E-state index contributed by atoms with van der Waals surface area (Å²) < 4.78 is 2.16. The standard InChI is InChI=1S/C20H27N5O2S/c1-14(18(26)22-19(27)21-13-16-9-5-3-6-10-16)28-20-24-23-15(2)25(20)17-11-7-4-8-12-17/h3,5-6,9-10,14,17H,4,7-8,11-13H2,1-2H3,(H2,21,22,26,27). The van der Waals surface area contributed by atoms with Crippen molar-refractivity contribution in [2.24, 2.45) is 0 Å². The predicted molar refractivity (Wildman–Crippen MR) is 109 cm³/mol. The molecule has 0 bridgehead atoms. The molecule has 1 heterocycles. The first-order chi connectivity index (χ1) is 13.5. The maximum absolute atomic E-state index is 12.4. The van der Waals surface area contributed by atoms with Crippen LogP contribution in [0.5, 0.6) is 0 Å². The molecule has 1 unspecified atom stereocenters. The van der Waals surface area contributed by atoms with Crippen molar-refractivity contribution in [2.75, 3.05) is 0 Å². The second-order valence-corrected chi connectivity index (χ2v) is 8.42. The van der Waals surface area contributed by atoms with Gasteiger partial charge in [-0.05, 0) is 32.3 Å². The summed E-state index contributed by atoms with van der Waals surface area (Å²) in [5.74, 6) is 0.536. The fraction of sp³-hybridized carbons (Fsp3) is 0.500. The second kappa shape index (κ2) is 9.73. The van der Waals surface area contributed by atoms with Crippen LogP contribution in [0, 0.1) is 6.92 Å². The van der Waals surface area contributed by atoms with Crippen molar-refractivity contribution in [3.05, 3.63) is 41.7 Å². The zero-order chi connectivity index (χ0) is 19.9. The highest BCUT2D eigenvalue weighted by molar-refractivity contribution is 8.00. The number of thioether (sulfide) groups is 1. The summed E-state index contributed by atoms with van der Waals surface area (Å²) in [6.07, 6.45) is 5.94. The van der Waals surface area contributed by atoms with Crippen molar-refractivity contribution in [3.63, 3.8) is 0 Å². The van der Waals surface area contributed by atoms with E-state index in [-0.39, 0.29) is 5.91 Å². The minimum atomic E-state index is -0.494. The van der Waals surface area contributed by atoms with Gasteiger partial charge in [0.1, 0.15) is 5.82 Å². The molecular formula is C20H27N5O2S. The minimum absolute atomic E-state index is 0.341. The Hall–Kier alpha value is -2.35. The number of amides is 3. The van der Waals surface area contributed by atoms with Crippen molar-refractivity contribution < 1.29 is 9.59 Å². The molecule has 1 saturated carbocycles. The van der Waals surface area contributed by atoms with Crippen LogP contribution in [0.25, 0.3) is 0 Å². The maximum Gasteiger partial charge on any atom is 0.321 e. The van der Waals surface area contributed by atoms with Gasteiger partial charge in [-0.1, -0.05) is 61.4 Å². The third kappa shape index (κ3) is 5.34. The zero-order valence-electron chi connectivity index (χ0n) is 16.4. The molecule has 1 aromatic heterocycles. The SMILES string of the molecule is Cc1nnc(SC(C)C(=O)NC(=O)NCc2ccccc2)n1C1CCCCC1. The van der Waals surface area contributed by atoms with Crippen LogP contribution in [0.4, 0.5) is 4.79 Å². The first-order valence-corrected chi connectivity index (χ1v) is 10.6. The lowest BCUT2D eigenvalue weighted by Crippen LogP contribution is -2.42. The number of nitrogens with zero attached hydrogens (tertiary/aromatic N) is 3. The largest absolute Gasteiger partial charge is 0.334 e. The van der Waals surface area contributed by atoms with Crippen LogP contribution in [0.3, 0.4) is 0 Å². The van der Waals surface area contributed by atoms with Crippen LogP contribution in [-0.4, -0.2) is 32.0 Å². The number of carbonyl (C=O) groups excluding carboxylic acids is 2. The highest BCUT2D eigenvalue weighted by atomic mass is 32.2. The van der Waals surface area contributed by atoms with E-state index in [9.17, 15) is 9.59 Å². The topological polar surface area (TPSA) is 88.9 Å². The smallest absolute Gasteiger partial charge is 0.321 e. The fourth-order valence-corrected chi connectivity index (χ4v) is 4.40. The van der Waals surface area contributed by atoms with Gasteiger partial charge in [-0.15, -0.1) is 10.2 Å². The number of hydrogen-bond donors (Lipinski definition) is 2. The van der Waals surface area contributed by atoms with E-state index in [1.165, 1.54) is 31.0 Å². The van der Waals surface area contributed by atoms with Crippen molar-refractivity contribution in [1.82, 2.24) is 25.4 Å². The number of imide groups is 1. The van der Waals surface area contributed by atoms with E-state index >= 15 is 0 Å². The average Bonchev–Trinajstić information content (AvgIpc) is 3.07. The second-order valence-electron chi connectivity index (χ2n) is 7.11. The Labute approximate surface area is 169 Å². The zero-order valence-corrected chi connectivity index (χ0v) is 17.2. The molecule has 2 aromatic rings. The van der Waals surface area contributed by atoms with Crippen LogP contribution >= 0.6 is 11.8 Å². The first-order valence-electron chi connectivity index (χ1n) is 9.75. The normalized spacial score (nSPS) is 15.8. The van der Waals surface area contributed by atoms with Crippen molar-refractivity contribution >= 4 is 23.7 Å². The lowest BCUT2D eigenvalue weighted by molar-refractivity contribution is -0.119. The van der Waals surface area contributed by atoms with Crippen LogP contribution < -0.4 is 10.6 Å². The monoisotopic (exact) mass is 401 g/mol. The van der Waals surface area contributed by atoms with E-state index in [2.05, 4.69) is 25.4 Å². The molecule has 0 saturated heterocycles. The van der Waals surface area contributed by atoms with E-state index in [0.717, 1.165) is 29.4 Å². The lowest BCUT2D eigenvalue weighted by Gasteiger charge is -2.25. The van der Waals surface area contributed by atoms with E-state index in [0.29, 0.717) is 12.6 Å². The van der Waals surface area contributed by atoms with E-state index < -0.39 is 11.3 Å². The summed E-state index contributed by atoms with van der Waals surface area (Å²) in [6, 6.07) is 9.47. The molecule has 0 spiro atoms. The van der Waals surface area contributed by atoms with Gasteiger partial charge in [0.25, 0.3) is 0 Å². The highest BCUT2D eigenvalue weighted by Gasteiger charge is 2.25. The van der Waals surface area contributed by atoms with Crippen LogP contribution in [0.1, 0.15) is 56.5 Å². The summed E-state index contributed by atoms with van der Waals surface area (Å²) >= 11 is 1.35. The molecule has 1 aromatic carbocycles. The number of carbonyl (C=O) groups is 2. The van der Waals surface area contributed by atoms with Gasteiger partial charge in [-0.3, -0.25) is 10.1 Å². The first kappa shape index (κ1) is 20.4. The Morgan fingerprint density at radius 2 is 1.89 bits per heavy atom. The van der Waals surface area contributed by atoms with Crippen molar-refractivity contribution in [3.8, 4) is 0 Å². The number of urea groups is 1. The Balaban J connectivity index is 1.53. The molecule has 3 amide bonds. The molecule has 3 rings (SSSR count). The van der Waals surface area contributed by atoms with Gasteiger partial charge in [-0.2, -0.15) is 0 Å². The van der Waals surface area contributed by atoms with Gasteiger partial charge in [-0.25, -0.2) is 4.79 Å². The molecule has 28 heavy (non-hydrogen) atoms. The summed E-state index contributed by atoms with van der Waals surface area (Å²) in [5.41, 5.74) is 0.976. The number of rotatable bonds is 6. The Kier molecular flexibility index (Phi) is 7.08. The van der Waals surface area contributed by atoms with E-state index in [1.807, 2.05) is 37.3 Å². The summed E-state index contributed by atoms with van der Waals surface area (Å²) in [7, 11) is 0. The Morgan fingerprint density at radius 3 is 2.61 bits per heavy atom. The van der Waals surface area contributed by atoms with Crippen molar-refractivity contribution in [2.45, 2.75) is 68.9 Å². The lowest BCUT2D eigenvalue weighted by atomic mass is 9.95. The van der Waals surface area contributed by atoms with Gasteiger partial charge >= 0.3 is 6.03 Å². The maximum atomic E-state index is 12.4. The minimum Gasteiger partial charge on any atom is -0.334 e. The van der Waals surface area contributed by atoms with Crippen molar-refractivity contribution in [1.29, 1.82) is 0 Å². The molecular weight excluding hydrogens is 374 g/mol. The average molecular weight is 402 g/mol. The summed E-state index contributed by atoms with van der Waals surface area (Å²) in [5, 5.41) is 13.9. The number of nitrogens with one attached hydrogen (secondary N) is 2. The molecule has 2 N–H and O–H groups in total. The van der Waals surface area contributed by atoms with Gasteiger partial charge in [0.05, 0.1) is 5.25 Å². The Morgan fingerprint density at radius 1 is 1.18 bits per heavy atom. The quantitative estimate of drug-likeness (QED) is 0.722. The molecule has 1 aliphatic carbocycles. The van der Waals surface area contributed by atoms with Gasteiger partial charge in [0.15, 0.2) is 5.16 Å². The van der Waals surface area contributed by atoms with Crippen LogP contribution in [0.15, 0.2) is 35.5 Å².